The summed E-state index contributed by atoms with van der Waals surface area (Å²) in [4.78, 5) is 13.6. The minimum atomic E-state index is -0.501. The molecule has 5 nitrogen and oxygen atoms in total. The molecule has 1 aromatic carbocycles. The molecule has 1 heterocycles. The molecule has 0 unspecified atom stereocenters. The molecule has 0 atom stereocenters. The monoisotopic (exact) mass is 266 g/mol. The highest BCUT2D eigenvalue weighted by Crippen LogP contribution is 2.21. The van der Waals surface area contributed by atoms with E-state index in [-0.39, 0.29) is 0 Å². The second-order valence-electron chi connectivity index (χ2n) is 3.97. The van der Waals surface area contributed by atoms with Gasteiger partial charge in [-0.15, -0.1) is 0 Å². The zero-order valence-corrected chi connectivity index (χ0v) is 10.6. The molecule has 1 aromatic heterocycles. The predicted octanol–water partition coefficient (Wildman–Crippen LogP) is 1.58. The van der Waals surface area contributed by atoms with Gasteiger partial charge in [-0.05, 0) is 17.7 Å². The van der Waals surface area contributed by atoms with E-state index >= 15 is 0 Å². The Labute approximate surface area is 110 Å². The summed E-state index contributed by atoms with van der Waals surface area (Å²) < 4.78 is 0. The summed E-state index contributed by atoms with van der Waals surface area (Å²) in [5, 5.41) is 7.61. The van der Waals surface area contributed by atoms with Crippen molar-refractivity contribution in [3.8, 4) is 0 Å². The van der Waals surface area contributed by atoms with Crippen LogP contribution in [0.3, 0.4) is 0 Å². The van der Waals surface area contributed by atoms with Gasteiger partial charge in [0.2, 0.25) is 0 Å². The molecular weight excluding hydrogens is 252 g/mol. The van der Waals surface area contributed by atoms with Crippen LogP contribution in [-0.2, 0) is 6.54 Å². The van der Waals surface area contributed by atoms with Gasteiger partial charge in [0.25, 0.3) is 0 Å². The smallest absolute Gasteiger partial charge is 0.312 e. The van der Waals surface area contributed by atoms with Crippen LogP contribution in [0, 0.1) is 0 Å². The molecule has 18 heavy (non-hydrogen) atoms. The van der Waals surface area contributed by atoms with Gasteiger partial charge in [0.05, 0.1) is 0 Å². The van der Waals surface area contributed by atoms with Gasteiger partial charge in [-0.3, -0.25) is 0 Å². The zero-order chi connectivity index (χ0) is 13.0. The topological polar surface area (TPSA) is 82.9 Å². The van der Waals surface area contributed by atoms with E-state index in [9.17, 15) is 4.79 Å². The van der Waals surface area contributed by atoms with Crippen molar-refractivity contribution < 1.29 is 4.79 Å². The van der Waals surface area contributed by atoms with Gasteiger partial charge in [0.15, 0.2) is 0 Å². The van der Waals surface area contributed by atoms with E-state index < -0.39 is 6.03 Å². The highest BCUT2D eigenvalue weighted by atomic mass is 35.5. The van der Waals surface area contributed by atoms with Gasteiger partial charge in [-0.1, -0.05) is 17.7 Å². The van der Waals surface area contributed by atoms with Gasteiger partial charge in [-0.25, -0.2) is 4.79 Å². The highest BCUT2D eigenvalue weighted by molar-refractivity contribution is 6.31. The number of carbonyl (C=O) groups excluding carboxylic acids is 1. The van der Waals surface area contributed by atoms with E-state index in [1.165, 1.54) is 5.56 Å². The summed E-state index contributed by atoms with van der Waals surface area (Å²) in [6.45, 7) is 1.91. The van der Waals surface area contributed by atoms with Crippen molar-refractivity contribution in [1.29, 1.82) is 0 Å². The number of aromatic amines is 1. The molecule has 2 amide bonds. The zero-order valence-electron chi connectivity index (χ0n) is 9.79. The molecule has 0 aliphatic heterocycles. The van der Waals surface area contributed by atoms with Gasteiger partial charge in [0.1, 0.15) is 0 Å². The van der Waals surface area contributed by atoms with Crippen LogP contribution in [0.2, 0.25) is 5.02 Å². The number of rotatable bonds is 5. The van der Waals surface area contributed by atoms with E-state index in [2.05, 4.69) is 15.6 Å². The van der Waals surface area contributed by atoms with Gasteiger partial charge < -0.3 is 21.4 Å². The van der Waals surface area contributed by atoms with Crippen LogP contribution in [0.15, 0.2) is 24.4 Å². The van der Waals surface area contributed by atoms with Crippen LogP contribution in [-0.4, -0.2) is 24.1 Å². The van der Waals surface area contributed by atoms with E-state index in [0.717, 1.165) is 22.5 Å². The number of hydrogen-bond acceptors (Lipinski definition) is 2. The van der Waals surface area contributed by atoms with Crippen molar-refractivity contribution in [2.75, 3.05) is 13.1 Å². The summed E-state index contributed by atoms with van der Waals surface area (Å²) in [5.41, 5.74) is 7.15. The first kappa shape index (κ1) is 12.7. The first-order valence-corrected chi connectivity index (χ1v) is 6.04. The predicted molar refractivity (Wildman–Crippen MR) is 72.6 cm³/mol. The van der Waals surface area contributed by atoms with Crippen molar-refractivity contribution >= 4 is 28.5 Å². The van der Waals surface area contributed by atoms with Gasteiger partial charge in [0, 0.05) is 41.8 Å². The molecule has 0 radical (unpaired) electrons. The molecule has 0 bridgehead atoms. The number of hydrogen-bond donors (Lipinski definition) is 4. The lowest BCUT2D eigenvalue weighted by Crippen LogP contribution is -2.35. The fourth-order valence-corrected chi connectivity index (χ4v) is 1.97. The molecule has 96 valence electrons. The number of urea groups is 1. The Morgan fingerprint density at radius 3 is 3.00 bits per heavy atom. The van der Waals surface area contributed by atoms with Gasteiger partial charge in [-0.2, -0.15) is 0 Å². The van der Waals surface area contributed by atoms with Crippen molar-refractivity contribution in [2.45, 2.75) is 6.54 Å². The van der Waals surface area contributed by atoms with Crippen LogP contribution in [0.5, 0.6) is 0 Å². The summed E-state index contributed by atoms with van der Waals surface area (Å²) in [6.07, 6.45) is 1.95. The highest BCUT2D eigenvalue weighted by Gasteiger charge is 2.03. The molecule has 0 spiro atoms. The fraction of sp³-hybridized carbons (Fsp3) is 0.250. The molecule has 0 aliphatic carbocycles. The van der Waals surface area contributed by atoms with Crippen LogP contribution in [0.25, 0.3) is 10.9 Å². The number of benzene rings is 1. The quantitative estimate of drug-likeness (QED) is 0.620. The summed E-state index contributed by atoms with van der Waals surface area (Å²) in [5.74, 6) is 0. The first-order chi connectivity index (χ1) is 8.66. The molecule has 5 N–H and O–H groups in total. The number of nitrogens with two attached hydrogens (primary N) is 1. The SMILES string of the molecule is NC(=O)NCCNCc1c[nH]c2cc(Cl)ccc12. The molecule has 2 rings (SSSR count). The second kappa shape index (κ2) is 5.75. The van der Waals surface area contributed by atoms with Crippen molar-refractivity contribution in [2.24, 2.45) is 5.73 Å². The standard InChI is InChI=1S/C12H15ClN4O/c13-9-1-2-10-8(7-17-11(10)5-9)6-15-3-4-16-12(14)18/h1-2,5,7,15,17H,3-4,6H2,(H3,14,16,18). The molecule has 0 aliphatic rings. The largest absolute Gasteiger partial charge is 0.361 e. The first-order valence-electron chi connectivity index (χ1n) is 5.66. The maximum absolute atomic E-state index is 10.5. The molecule has 2 aromatic rings. The number of nitrogens with one attached hydrogen (secondary N) is 3. The van der Waals surface area contributed by atoms with Crippen molar-refractivity contribution in [1.82, 2.24) is 15.6 Å². The van der Waals surface area contributed by atoms with E-state index in [1.54, 1.807) is 0 Å². The summed E-state index contributed by atoms with van der Waals surface area (Å²) >= 11 is 5.92. The number of aromatic nitrogens is 1. The fourth-order valence-electron chi connectivity index (χ4n) is 1.80. The summed E-state index contributed by atoms with van der Waals surface area (Å²) in [7, 11) is 0. The third-order valence-corrected chi connectivity index (χ3v) is 2.88. The van der Waals surface area contributed by atoms with E-state index in [0.29, 0.717) is 13.1 Å². The van der Waals surface area contributed by atoms with Crippen molar-refractivity contribution in [3.05, 3.63) is 35.0 Å². The van der Waals surface area contributed by atoms with Gasteiger partial charge >= 0.3 is 6.03 Å². The Kier molecular flexibility index (Phi) is 4.07. The Morgan fingerprint density at radius 1 is 1.39 bits per heavy atom. The number of amides is 2. The van der Waals surface area contributed by atoms with E-state index in [1.807, 2.05) is 24.4 Å². The third-order valence-electron chi connectivity index (χ3n) is 2.65. The van der Waals surface area contributed by atoms with Crippen molar-refractivity contribution in [3.63, 3.8) is 0 Å². The Morgan fingerprint density at radius 2 is 2.22 bits per heavy atom. The lowest BCUT2D eigenvalue weighted by atomic mass is 10.2. The summed E-state index contributed by atoms with van der Waals surface area (Å²) in [6, 6.07) is 5.26. The van der Waals surface area contributed by atoms with Crippen LogP contribution in [0.1, 0.15) is 5.56 Å². The number of carbonyl (C=O) groups is 1. The number of H-pyrrole nitrogens is 1. The average molecular weight is 267 g/mol. The third kappa shape index (κ3) is 3.15. The minimum Gasteiger partial charge on any atom is -0.361 e. The second-order valence-corrected chi connectivity index (χ2v) is 4.41. The lowest BCUT2D eigenvalue weighted by Gasteiger charge is -2.04. The average Bonchev–Trinajstić information content (AvgIpc) is 2.70. The Bertz CT molecular complexity index is 552. The minimum absolute atomic E-state index is 0.501. The maximum atomic E-state index is 10.5. The number of fused-ring (bicyclic) bond motifs is 1. The molecule has 6 heteroatoms. The lowest BCUT2D eigenvalue weighted by molar-refractivity contribution is 0.249. The Balaban J connectivity index is 1.90. The Hall–Kier alpha value is -1.72. The normalized spacial score (nSPS) is 10.7. The number of primary amides is 1. The maximum Gasteiger partial charge on any atom is 0.312 e. The molecule has 0 saturated carbocycles. The molecule has 0 fully saturated rings. The number of halogens is 1. The van der Waals surface area contributed by atoms with Crippen LogP contribution < -0.4 is 16.4 Å². The molecule has 0 saturated heterocycles. The molecular formula is C12H15ClN4O. The van der Waals surface area contributed by atoms with E-state index in [4.69, 9.17) is 17.3 Å². The van der Waals surface area contributed by atoms with Crippen LogP contribution >= 0.6 is 11.6 Å². The van der Waals surface area contributed by atoms with Crippen LogP contribution in [0.4, 0.5) is 4.79 Å².